The number of hydrogen-bond donors (Lipinski definition) is 2. The zero-order chi connectivity index (χ0) is 12.3. The molecule has 0 aliphatic heterocycles. The van der Waals surface area contributed by atoms with Crippen molar-refractivity contribution in [2.24, 2.45) is 0 Å². The zero-order valence-electron chi connectivity index (χ0n) is 9.57. The Morgan fingerprint density at radius 1 is 1.17 bits per heavy atom. The molecule has 0 aliphatic rings. The van der Waals surface area contributed by atoms with E-state index in [0.717, 1.165) is 26.8 Å². The molecule has 3 heterocycles. The Balaban J connectivity index is 2.43. The molecular formula is C13H9N3OS. The number of rotatable bonds is 0. The minimum atomic E-state index is -0.104. The van der Waals surface area contributed by atoms with Crippen LogP contribution >= 0.6 is 11.3 Å². The monoisotopic (exact) mass is 255 g/mol. The fourth-order valence-electron chi connectivity index (χ4n) is 2.45. The fraction of sp³-hybridized carbons (Fsp3) is 0.0769. The van der Waals surface area contributed by atoms with Gasteiger partial charge in [0.15, 0.2) is 0 Å². The van der Waals surface area contributed by atoms with Crippen molar-refractivity contribution >= 4 is 42.5 Å². The second-order valence-electron chi connectivity index (χ2n) is 4.30. The lowest BCUT2D eigenvalue weighted by Gasteiger charge is -1.96. The maximum Gasteiger partial charge on any atom is 0.273 e. The van der Waals surface area contributed by atoms with Gasteiger partial charge in [-0.2, -0.15) is 0 Å². The Morgan fingerprint density at radius 2 is 2.00 bits per heavy atom. The summed E-state index contributed by atoms with van der Waals surface area (Å²) in [5.41, 5.74) is 1.53. The van der Waals surface area contributed by atoms with Crippen molar-refractivity contribution in [2.75, 3.05) is 0 Å². The predicted octanol–water partition coefficient (Wildman–Crippen LogP) is 2.93. The van der Waals surface area contributed by atoms with Crippen molar-refractivity contribution in [2.45, 2.75) is 6.92 Å². The van der Waals surface area contributed by atoms with Gasteiger partial charge in [0.1, 0.15) is 4.83 Å². The summed E-state index contributed by atoms with van der Waals surface area (Å²) in [5.74, 6) is 0. The number of fused-ring (bicyclic) bond motifs is 5. The molecule has 0 atom stereocenters. The van der Waals surface area contributed by atoms with Gasteiger partial charge in [-0.25, -0.2) is 4.98 Å². The molecule has 2 N–H and O–H groups in total. The van der Waals surface area contributed by atoms with Crippen LogP contribution in [0.3, 0.4) is 0 Å². The van der Waals surface area contributed by atoms with E-state index in [0.29, 0.717) is 5.39 Å². The van der Waals surface area contributed by atoms with E-state index in [1.807, 2.05) is 19.1 Å². The molecule has 4 rings (SSSR count). The lowest BCUT2D eigenvalue weighted by Crippen LogP contribution is -2.00. The first-order chi connectivity index (χ1) is 8.75. The highest BCUT2D eigenvalue weighted by Crippen LogP contribution is 2.36. The molecule has 0 radical (unpaired) electrons. The van der Waals surface area contributed by atoms with Crippen LogP contribution in [0, 0.1) is 6.92 Å². The van der Waals surface area contributed by atoms with Gasteiger partial charge in [0.2, 0.25) is 0 Å². The first-order valence-electron chi connectivity index (χ1n) is 5.64. The van der Waals surface area contributed by atoms with Crippen LogP contribution in [0.1, 0.15) is 5.69 Å². The predicted molar refractivity (Wildman–Crippen MR) is 74.3 cm³/mol. The normalized spacial score (nSPS) is 11.8. The van der Waals surface area contributed by atoms with Gasteiger partial charge in [0.25, 0.3) is 5.56 Å². The van der Waals surface area contributed by atoms with Crippen molar-refractivity contribution < 1.29 is 0 Å². The van der Waals surface area contributed by atoms with Crippen LogP contribution in [0.25, 0.3) is 31.2 Å². The van der Waals surface area contributed by atoms with Gasteiger partial charge in [-0.3, -0.25) is 15.0 Å². The smallest absolute Gasteiger partial charge is 0.273 e. The van der Waals surface area contributed by atoms with E-state index in [1.165, 1.54) is 4.70 Å². The van der Waals surface area contributed by atoms with Crippen LogP contribution in [0.5, 0.6) is 0 Å². The average Bonchev–Trinajstić information content (AvgIpc) is 2.90. The fourth-order valence-corrected chi connectivity index (χ4v) is 3.58. The van der Waals surface area contributed by atoms with Crippen molar-refractivity contribution in [1.29, 1.82) is 0 Å². The summed E-state index contributed by atoms with van der Waals surface area (Å²) in [6.07, 6.45) is 0. The molecular weight excluding hydrogens is 246 g/mol. The van der Waals surface area contributed by atoms with Gasteiger partial charge in [0.05, 0.1) is 16.6 Å². The summed E-state index contributed by atoms with van der Waals surface area (Å²) in [5, 5.41) is 8.47. The number of thiophene rings is 1. The third-order valence-electron chi connectivity index (χ3n) is 3.24. The summed E-state index contributed by atoms with van der Waals surface area (Å²) in [4.78, 5) is 17.3. The molecule has 4 aromatic rings. The molecule has 5 heteroatoms. The second kappa shape index (κ2) is 3.20. The lowest BCUT2D eigenvalue weighted by molar-refractivity contribution is 1.08. The molecule has 0 spiro atoms. The number of benzene rings is 1. The van der Waals surface area contributed by atoms with Gasteiger partial charge >= 0.3 is 0 Å². The Hall–Kier alpha value is -2.14. The molecule has 0 saturated carbocycles. The quantitative estimate of drug-likeness (QED) is 0.507. The van der Waals surface area contributed by atoms with Gasteiger partial charge in [-0.1, -0.05) is 18.2 Å². The molecule has 0 fully saturated rings. The third-order valence-corrected chi connectivity index (χ3v) is 4.30. The third kappa shape index (κ3) is 1.09. The van der Waals surface area contributed by atoms with Crippen LogP contribution in [-0.4, -0.2) is 15.2 Å². The van der Waals surface area contributed by atoms with Crippen LogP contribution in [0.4, 0.5) is 0 Å². The molecule has 0 aliphatic carbocycles. The molecule has 0 saturated heterocycles. The summed E-state index contributed by atoms with van der Waals surface area (Å²) in [6.45, 7) is 1.87. The van der Waals surface area contributed by atoms with Crippen molar-refractivity contribution in [3.63, 3.8) is 0 Å². The molecule has 0 unspecified atom stereocenters. The number of hydrogen-bond acceptors (Lipinski definition) is 3. The first-order valence-corrected chi connectivity index (χ1v) is 6.45. The SMILES string of the molecule is Cc1nc2sc3ccccc3c2c2[nH][nH]c(=O)c12. The molecule has 1 aromatic carbocycles. The second-order valence-corrected chi connectivity index (χ2v) is 5.34. The summed E-state index contributed by atoms with van der Waals surface area (Å²) < 4.78 is 1.19. The van der Waals surface area contributed by atoms with Crippen LogP contribution in [0.2, 0.25) is 0 Å². The average molecular weight is 255 g/mol. The van der Waals surface area contributed by atoms with E-state index in [9.17, 15) is 4.79 Å². The minimum absolute atomic E-state index is 0.104. The summed E-state index contributed by atoms with van der Waals surface area (Å²) in [7, 11) is 0. The van der Waals surface area contributed by atoms with Crippen LogP contribution in [0.15, 0.2) is 29.1 Å². The van der Waals surface area contributed by atoms with E-state index in [2.05, 4.69) is 27.3 Å². The first kappa shape index (κ1) is 9.85. The number of aromatic amines is 2. The van der Waals surface area contributed by atoms with Gasteiger partial charge in [-0.05, 0) is 13.0 Å². The Bertz CT molecular complexity index is 961. The van der Waals surface area contributed by atoms with E-state index < -0.39 is 0 Å². The molecule has 0 bridgehead atoms. The highest BCUT2D eigenvalue weighted by molar-refractivity contribution is 7.25. The summed E-state index contributed by atoms with van der Waals surface area (Å²) >= 11 is 1.65. The molecule has 3 aromatic heterocycles. The number of aromatic nitrogens is 3. The summed E-state index contributed by atoms with van der Waals surface area (Å²) in [6, 6.07) is 8.16. The van der Waals surface area contributed by atoms with E-state index in [-0.39, 0.29) is 5.56 Å². The zero-order valence-corrected chi connectivity index (χ0v) is 10.4. The van der Waals surface area contributed by atoms with E-state index >= 15 is 0 Å². The van der Waals surface area contributed by atoms with Crippen molar-refractivity contribution in [3.8, 4) is 0 Å². The maximum atomic E-state index is 11.8. The number of pyridine rings is 1. The highest BCUT2D eigenvalue weighted by atomic mass is 32.1. The number of nitrogens with zero attached hydrogens (tertiary/aromatic N) is 1. The molecule has 4 nitrogen and oxygen atoms in total. The molecule has 0 amide bonds. The van der Waals surface area contributed by atoms with Gasteiger partial charge < -0.3 is 0 Å². The van der Waals surface area contributed by atoms with E-state index in [4.69, 9.17) is 0 Å². The molecule has 18 heavy (non-hydrogen) atoms. The topological polar surface area (TPSA) is 61.5 Å². The number of aryl methyl sites for hydroxylation is 1. The Kier molecular flexibility index (Phi) is 1.75. The molecule has 88 valence electrons. The van der Waals surface area contributed by atoms with Crippen molar-refractivity contribution in [3.05, 3.63) is 40.3 Å². The lowest BCUT2D eigenvalue weighted by atomic mass is 10.1. The van der Waals surface area contributed by atoms with Crippen LogP contribution in [-0.2, 0) is 0 Å². The van der Waals surface area contributed by atoms with Crippen molar-refractivity contribution in [1.82, 2.24) is 15.2 Å². The maximum absolute atomic E-state index is 11.8. The van der Waals surface area contributed by atoms with Crippen LogP contribution < -0.4 is 5.56 Å². The van der Waals surface area contributed by atoms with Gasteiger partial charge in [0, 0.05) is 15.5 Å². The highest BCUT2D eigenvalue weighted by Gasteiger charge is 2.14. The Morgan fingerprint density at radius 3 is 2.89 bits per heavy atom. The minimum Gasteiger partial charge on any atom is -0.297 e. The standard InChI is InChI=1S/C13H9N3OS/c1-6-9-11(15-16-12(9)17)10-7-4-2-3-5-8(7)18-13(10)14-6/h2-5H,1H3,(H2,15,16,17). The van der Waals surface area contributed by atoms with E-state index in [1.54, 1.807) is 11.3 Å². The Labute approximate surface area is 105 Å². The number of H-pyrrole nitrogens is 2. The largest absolute Gasteiger partial charge is 0.297 e. The van der Waals surface area contributed by atoms with Gasteiger partial charge in [-0.15, -0.1) is 11.3 Å². The number of nitrogens with one attached hydrogen (secondary N) is 2.